The molecule has 0 saturated heterocycles. The van der Waals surface area contributed by atoms with E-state index in [1.165, 1.54) is 11.3 Å². The van der Waals surface area contributed by atoms with Crippen molar-refractivity contribution in [2.45, 2.75) is 39.9 Å². The quantitative estimate of drug-likeness (QED) is 0.335. The van der Waals surface area contributed by atoms with E-state index in [2.05, 4.69) is 5.32 Å². The molecular weight excluding hydrogens is 436 g/mol. The number of thiophene rings is 1. The van der Waals surface area contributed by atoms with Crippen LogP contribution in [-0.2, 0) is 16.1 Å². The van der Waals surface area contributed by atoms with Gasteiger partial charge in [0.15, 0.2) is 0 Å². The first-order valence-electron chi connectivity index (χ1n) is 10.6. The number of nitrogens with zero attached hydrogens (tertiary/aromatic N) is 1. The third kappa shape index (κ3) is 5.09. The first-order chi connectivity index (χ1) is 15.7. The van der Waals surface area contributed by atoms with E-state index in [4.69, 9.17) is 9.47 Å². The zero-order valence-corrected chi connectivity index (χ0v) is 19.9. The minimum absolute atomic E-state index is 0.176. The number of aryl methyl sites for hydroxylation is 1. The van der Waals surface area contributed by atoms with Crippen molar-refractivity contribution in [3.8, 4) is 5.69 Å². The summed E-state index contributed by atoms with van der Waals surface area (Å²) in [6, 6.07) is 18.9. The molecule has 6 nitrogen and oxygen atoms in total. The SMILES string of the molecule is Cc1cccc(NC(=O)OC(C)(C)C)c1-n1c(C(=O)OCc2ccccc2)cc2ccsc21. The van der Waals surface area contributed by atoms with Gasteiger partial charge < -0.3 is 9.47 Å². The Balaban J connectivity index is 1.73. The van der Waals surface area contributed by atoms with Crippen LogP contribution in [0.4, 0.5) is 10.5 Å². The van der Waals surface area contributed by atoms with Crippen molar-refractivity contribution in [1.82, 2.24) is 4.57 Å². The number of anilines is 1. The van der Waals surface area contributed by atoms with Crippen molar-refractivity contribution in [3.05, 3.63) is 82.9 Å². The van der Waals surface area contributed by atoms with Crippen LogP contribution < -0.4 is 5.32 Å². The van der Waals surface area contributed by atoms with Crippen LogP contribution in [0.25, 0.3) is 15.9 Å². The number of carbonyl (C=O) groups is 2. The Morgan fingerprint density at radius 2 is 1.79 bits per heavy atom. The molecule has 0 aliphatic rings. The minimum Gasteiger partial charge on any atom is -0.456 e. The van der Waals surface area contributed by atoms with Gasteiger partial charge >= 0.3 is 12.1 Å². The van der Waals surface area contributed by atoms with E-state index in [0.29, 0.717) is 17.1 Å². The fourth-order valence-corrected chi connectivity index (χ4v) is 4.47. The highest BCUT2D eigenvalue weighted by Gasteiger charge is 2.24. The van der Waals surface area contributed by atoms with E-state index in [-0.39, 0.29) is 6.61 Å². The molecule has 170 valence electrons. The van der Waals surface area contributed by atoms with Crippen LogP contribution in [0.15, 0.2) is 66.0 Å². The lowest BCUT2D eigenvalue weighted by atomic mass is 10.1. The third-order valence-corrected chi connectivity index (χ3v) is 5.84. The molecule has 7 heteroatoms. The second-order valence-corrected chi connectivity index (χ2v) is 9.60. The Hall–Kier alpha value is -3.58. The monoisotopic (exact) mass is 462 g/mol. The maximum atomic E-state index is 13.2. The molecule has 0 unspecified atom stereocenters. The first kappa shape index (κ1) is 22.6. The average Bonchev–Trinajstić information content (AvgIpc) is 3.33. The number of benzene rings is 2. The van der Waals surface area contributed by atoms with Crippen molar-refractivity contribution in [1.29, 1.82) is 0 Å². The number of amides is 1. The second kappa shape index (κ2) is 9.11. The van der Waals surface area contributed by atoms with E-state index in [9.17, 15) is 9.59 Å². The molecule has 0 bridgehead atoms. The molecule has 0 aliphatic heterocycles. The second-order valence-electron chi connectivity index (χ2n) is 8.71. The summed E-state index contributed by atoms with van der Waals surface area (Å²) in [7, 11) is 0. The molecular formula is C26H26N2O4S. The van der Waals surface area contributed by atoms with Gasteiger partial charge in [-0.25, -0.2) is 9.59 Å². The number of hydrogen-bond acceptors (Lipinski definition) is 5. The standard InChI is InChI=1S/C26H26N2O4S/c1-17-9-8-12-20(27-25(30)32-26(2,3)4)22(17)28-21(15-19-13-14-33-23(19)28)24(29)31-16-18-10-6-5-7-11-18/h5-15H,16H2,1-4H3,(H,27,30). The number of fused-ring (bicyclic) bond motifs is 1. The van der Waals surface area contributed by atoms with E-state index in [1.54, 1.807) is 6.07 Å². The maximum absolute atomic E-state index is 13.2. The highest BCUT2D eigenvalue weighted by atomic mass is 32.1. The van der Waals surface area contributed by atoms with Crippen LogP contribution in [0.3, 0.4) is 0 Å². The molecule has 4 rings (SSSR count). The zero-order chi connectivity index (χ0) is 23.6. The molecule has 0 atom stereocenters. The molecule has 4 aromatic rings. The van der Waals surface area contributed by atoms with Crippen LogP contribution >= 0.6 is 11.3 Å². The topological polar surface area (TPSA) is 69.6 Å². The Morgan fingerprint density at radius 1 is 1.03 bits per heavy atom. The number of esters is 1. The summed E-state index contributed by atoms with van der Waals surface area (Å²) in [5.74, 6) is -0.436. The molecule has 1 N–H and O–H groups in total. The molecule has 33 heavy (non-hydrogen) atoms. The Labute approximate surface area is 196 Å². The van der Waals surface area contributed by atoms with Gasteiger partial charge in [0, 0.05) is 5.39 Å². The van der Waals surface area contributed by atoms with E-state index < -0.39 is 17.7 Å². The van der Waals surface area contributed by atoms with Crippen molar-refractivity contribution in [2.24, 2.45) is 0 Å². The summed E-state index contributed by atoms with van der Waals surface area (Å²) >= 11 is 1.52. The number of rotatable bonds is 5. The molecule has 2 aromatic carbocycles. The fourth-order valence-electron chi connectivity index (χ4n) is 3.56. The Morgan fingerprint density at radius 3 is 2.52 bits per heavy atom. The highest BCUT2D eigenvalue weighted by molar-refractivity contribution is 7.16. The molecule has 1 amide bonds. The number of para-hydroxylation sites is 1. The average molecular weight is 463 g/mol. The van der Waals surface area contributed by atoms with Crippen LogP contribution in [-0.4, -0.2) is 22.2 Å². The van der Waals surface area contributed by atoms with Gasteiger partial charge in [0.2, 0.25) is 0 Å². The summed E-state index contributed by atoms with van der Waals surface area (Å²) in [6.07, 6.45) is -0.558. The van der Waals surface area contributed by atoms with Crippen LogP contribution in [0, 0.1) is 6.92 Å². The summed E-state index contributed by atoms with van der Waals surface area (Å²) in [5, 5.41) is 5.75. The van der Waals surface area contributed by atoms with E-state index >= 15 is 0 Å². The Kier molecular flexibility index (Phi) is 6.24. The number of nitrogens with one attached hydrogen (secondary N) is 1. The number of aromatic nitrogens is 1. The number of hydrogen-bond donors (Lipinski definition) is 1. The normalized spacial score (nSPS) is 11.4. The molecule has 2 aromatic heterocycles. The Bertz CT molecular complexity index is 1300. The van der Waals surface area contributed by atoms with Gasteiger partial charge in [-0.2, -0.15) is 0 Å². The van der Waals surface area contributed by atoms with Gasteiger partial charge in [-0.05, 0) is 62.4 Å². The van der Waals surface area contributed by atoms with Gasteiger partial charge in [0.25, 0.3) is 0 Å². The fraction of sp³-hybridized carbons (Fsp3) is 0.231. The zero-order valence-electron chi connectivity index (χ0n) is 19.0. The van der Waals surface area contributed by atoms with Crippen molar-refractivity contribution in [3.63, 3.8) is 0 Å². The van der Waals surface area contributed by atoms with Crippen LogP contribution in [0.1, 0.15) is 42.4 Å². The summed E-state index contributed by atoms with van der Waals surface area (Å²) in [5.41, 5.74) is 2.82. The molecule has 0 aliphatic carbocycles. The summed E-state index contributed by atoms with van der Waals surface area (Å²) in [6.45, 7) is 7.55. The van der Waals surface area contributed by atoms with E-state index in [0.717, 1.165) is 21.3 Å². The predicted octanol–water partition coefficient (Wildman–Crippen LogP) is 6.70. The summed E-state index contributed by atoms with van der Waals surface area (Å²) < 4.78 is 12.9. The van der Waals surface area contributed by atoms with Gasteiger partial charge in [0.05, 0.1) is 11.4 Å². The lowest BCUT2D eigenvalue weighted by molar-refractivity contribution is 0.0463. The largest absolute Gasteiger partial charge is 0.456 e. The van der Waals surface area contributed by atoms with Crippen molar-refractivity contribution < 1.29 is 19.1 Å². The third-order valence-electron chi connectivity index (χ3n) is 4.93. The lowest BCUT2D eigenvalue weighted by Gasteiger charge is -2.22. The van der Waals surface area contributed by atoms with Gasteiger partial charge in [-0.3, -0.25) is 9.88 Å². The van der Waals surface area contributed by atoms with Gasteiger partial charge in [-0.15, -0.1) is 11.3 Å². The first-order valence-corrected chi connectivity index (χ1v) is 11.5. The van der Waals surface area contributed by atoms with Crippen LogP contribution in [0.2, 0.25) is 0 Å². The van der Waals surface area contributed by atoms with Gasteiger partial charge in [-0.1, -0.05) is 42.5 Å². The van der Waals surface area contributed by atoms with Crippen molar-refractivity contribution in [2.75, 3.05) is 5.32 Å². The molecule has 0 saturated carbocycles. The van der Waals surface area contributed by atoms with Gasteiger partial charge in [0.1, 0.15) is 22.7 Å². The summed E-state index contributed by atoms with van der Waals surface area (Å²) in [4.78, 5) is 26.6. The van der Waals surface area contributed by atoms with Crippen molar-refractivity contribution >= 4 is 39.3 Å². The number of carbonyl (C=O) groups excluding carboxylic acids is 2. The van der Waals surface area contributed by atoms with E-state index in [1.807, 2.05) is 92.2 Å². The smallest absolute Gasteiger partial charge is 0.412 e. The maximum Gasteiger partial charge on any atom is 0.412 e. The molecule has 0 fully saturated rings. The predicted molar refractivity (Wildman–Crippen MR) is 131 cm³/mol. The minimum atomic E-state index is -0.630. The molecule has 0 spiro atoms. The number of ether oxygens (including phenoxy) is 2. The molecule has 2 heterocycles. The molecule has 0 radical (unpaired) electrons. The highest BCUT2D eigenvalue weighted by Crippen LogP contribution is 2.34. The lowest BCUT2D eigenvalue weighted by Crippen LogP contribution is -2.27. The van der Waals surface area contributed by atoms with Crippen LogP contribution in [0.5, 0.6) is 0 Å².